The molecule has 2 fully saturated rings. The van der Waals surface area contributed by atoms with E-state index >= 15 is 0 Å². The van der Waals surface area contributed by atoms with Gasteiger partial charge in [0.05, 0.1) is 12.1 Å². The summed E-state index contributed by atoms with van der Waals surface area (Å²) in [7, 11) is 0. The third-order valence-electron chi connectivity index (χ3n) is 2.42. The third kappa shape index (κ3) is 0.727. The highest BCUT2D eigenvalue weighted by Gasteiger charge is 2.45. The summed E-state index contributed by atoms with van der Waals surface area (Å²) in [6, 6.07) is 2.47. The van der Waals surface area contributed by atoms with Crippen molar-refractivity contribution in [2.45, 2.75) is 18.9 Å². The van der Waals surface area contributed by atoms with Crippen LogP contribution >= 0.6 is 0 Å². The summed E-state index contributed by atoms with van der Waals surface area (Å²) in [6.07, 6.45) is 2.59. The van der Waals surface area contributed by atoms with Crippen molar-refractivity contribution >= 4 is 0 Å². The van der Waals surface area contributed by atoms with E-state index in [2.05, 4.69) is 11.4 Å². The van der Waals surface area contributed by atoms with Gasteiger partial charge in [0.1, 0.15) is 0 Å². The molecule has 2 aliphatic rings. The monoisotopic (exact) mass is 122 g/mol. The van der Waals surface area contributed by atoms with E-state index < -0.39 is 0 Å². The van der Waals surface area contributed by atoms with Gasteiger partial charge in [-0.3, -0.25) is 0 Å². The number of rotatable bonds is 0. The molecule has 0 spiro atoms. The van der Waals surface area contributed by atoms with Crippen LogP contribution in [0.2, 0.25) is 0 Å². The predicted molar refractivity (Wildman–Crippen MR) is 33.6 cm³/mol. The van der Waals surface area contributed by atoms with Crippen molar-refractivity contribution in [1.29, 1.82) is 5.26 Å². The lowest BCUT2D eigenvalue weighted by Gasteiger charge is -2.15. The van der Waals surface area contributed by atoms with E-state index in [0.717, 1.165) is 12.5 Å². The van der Waals surface area contributed by atoms with Gasteiger partial charge < -0.3 is 5.32 Å². The molecule has 0 bridgehead atoms. The second-order valence-corrected chi connectivity index (χ2v) is 3.01. The maximum absolute atomic E-state index is 8.58. The highest BCUT2D eigenvalue weighted by Crippen LogP contribution is 2.45. The van der Waals surface area contributed by atoms with Gasteiger partial charge in [-0.15, -0.1) is 0 Å². The van der Waals surface area contributed by atoms with Gasteiger partial charge in [-0.2, -0.15) is 5.26 Å². The number of piperidine rings is 1. The van der Waals surface area contributed by atoms with Crippen LogP contribution in [0.5, 0.6) is 0 Å². The van der Waals surface area contributed by atoms with E-state index in [1.54, 1.807) is 0 Å². The molecule has 1 aliphatic carbocycles. The Labute approximate surface area is 54.9 Å². The van der Waals surface area contributed by atoms with E-state index in [1.807, 2.05) is 0 Å². The zero-order valence-corrected chi connectivity index (χ0v) is 5.30. The summed E-state index contributed by atoms with van der Waals surface area (Å²) in [6.45, 7) is 1.05. The van der Waals surface area contributed by atoms with Crippen molar-refractivity contribution < 1.29 is 0 Å². The van der Waals surface area contributed by atoms with Gasteiger partial charge in [-0.1, -0.05) is 0 Å². The molecule has 2 rings (SSSR count). The molecule has 1 aliphatic heterocycles. The first kappa shape index (κ1) is 5.25. The Morgan fingerprint density at radius 2 is 2.44 bits per heavy atom. The average molecular weight is 122 g/mol. The van der Waals surface area contributed by atoms with Gasteiger partial charge in [0, 0.05) is 0 Å². The molecule has 1 N–H and O–H groups in total. The Kier molecular flexibility index (Phi) is 1.000. The van der Waals surface area contributed by atoms with Crippen molar-refractivity contribution in [2.24, 2.45) is 11.8 Å². The van der Waals surface area contributed by atoms with Crippen molar-refractivity contribution in [2.75, 3.05) is 6.54 Å². The molecule has 0 amide bonds. The normalized spacial score (nSPS) is 47.2. The zero-order valence-electron chi connectivity index (χ0n) is 5.30. The molecule has 2 nitrogen and oxygen atoms in total. The average Bonchev–Trinajstić information content (AvgIpc) is 2.64. The molecule has 3 unspecified atom stereocenters. The molecular formula is C7H10N2. The van der Waals surface area contributed by atoms with Crippen LogP contribution < -0.4 is 5.32 Å². The van der Waals surface area contributed by atoms with Gasteiger partial charge in [0.15, 0.2) is 0 Å². The Morgan fingerprint density at radius 3 is 3.11 bits per heavy atom. The maximum atomic E-state index is 8.58. The SMILES string of the molecule is N#CC1NCCC2CC21. The van der Waals surface area contributed by atoms with E-state index in [1.165, 1.54) is 12.8 Å². The van der Waals surface area contributed by atoms with Crippen molar-refractivity contribution in [3.63, 3.8) is 0 Å². The molecule has 3 atom stereocenters. The standard InChI is InChI=1S/C7H10N2/c8-4-7-6-3-5(6)1-2-9-7/h5-7,9H,1-3H2. The Bertz CT molecular complexity index is 159. The lowest BCUT2D eigenvalue weighted by atomic mass is 10.1. The molecule has 0 radical (unpaired) electrons. The molecule has 1 saturated heterocycles. The first-order chi connectivity index (χ1) is 4.42. The first-order valence-corrected chi connectivity index (χ1v) is 3.55. The third-order valence-corrected chi connectivity index (χ3v) is 2.42. The molecule has 9 heavy (non-hydrogen) atoms. The lowest BCUT2D eigenvalue weighted by Crippen LogP contribution is -2.34. The summed E-state index contributed by atoms with van der Waals surface area (Å²) >= 11 is 0. The number of hydrogen-bond acceptors (Lipinski definition) is 2. The fraction of sp³-hybridized carbons (Fsp3) is 0.857. The molecule has 1 saturated carbocycles. The summed E-state index contributed by atoms with van der Waals surface area (Å²) < 4.78 is 0. The minimum Gasteiger partial charge on any atom is -0.302 e. The molecule has 1 heterocycles. The van der Waals surface area contributed by atoms with Crippen LogP contribution in [0.4, 0.5) is 0 Å². The molecule has 2 heteroatoms. The number of nitrogens with zero attached hydrogens (tertiary/aromatic N) is 1. The Balaban J connectivity index is 2.02. The predicted octanol–water partition coefficient (Wildman–Crippen LogP) is 0.508. The van der Waals surface area contributed by atoms with Crippen LogP contribution in [0.25, 0.3) is 0 Å². The number of nitrogens with one attached hydrogen (secondary N) is 1. The van der Waals surface area contributed by atoms with E-state index in [4.69, 9.17) is 5.26 Å². The highest BCUT2D eigenvalue weighted by atomic mass is 15.0. The van der Waals surface area contributed by atoms with Gasteiger partial charge in [0.2, 0.25) is 0 Å². The fourth-order valence-corrected chi connectivity index (χ4v) is 1.73. The van der Waals surface area contributed by atoms with Crippen LogP contribution in [0.3, 0.4) is 0 Å². The molecule has 0 aromatic heterocycles. The second-order valence-electron chi connectivity index (χ2n) is 3.01. The zero-order chi connectivity index (χ0) is 6.27. The van der Waals surface area contributed by atoms with E-state index in [0.29, 0.717) is 5.92 Å². The molecule has 48 valence electrons. The Hall–Kier alpha value is -0.550. The van der Waals surface area contributed by atoms with Crippen molar-refractivity contribution in [3.8, 4) is 6.07 Å². The van der Waals surface area contributed by atoms with Crippen LogP contribution in [-0.4, -0.2) is 12.6 Å². The van der Waals surface area contributed by atoms with Crippen molar-refractivity contribution in [3.05, 3.63) is 0 Å². The van der Waals surface area contributed by atoms with Crippen LogP contribution in [-0.2, 0) is 0 Å². The molecule has 0 aromatic rings. The van der Waals surface area contributed by atoms with Gasteiger partial charge >= 0.3 is 0 Å². The van der Waals surface area contributed by atoms with Crippen LogP contribution in [0.15, 0.2) is 0 Å². The van der Waals surface area contributed by atoms with Gasteiger partial charge in [0.25, 0.3) is 0 Å². The number of fused-ring (bicyclic) bond motifs is 1. The maximum Gasteiger partial charge on any atom is 0.0984 e. The lowest BCUT2D eigenvalue weighted by molar-refractivity contribution is 0.439. The number of nitriles is 1. The topological polar surface area (TPSA) is 35.8 Å². The summed E-state index contributed by atoms with van der Waals surface area (Å²) in [5.41, 5.74) is 0. The fourth-order valence-electron chi connectivity index (χ4n) is 1.73. The second kappa shape index (κ2) is 1.71. The quantitative estimate of drug-likeness (QED) is 0.508. The summed E-state index contributed by atoms with van der Waals surface area (Å²) in [5.74, 6) is 1.61. The summed E-state index contributed by atoms with van der Waals surface area (Å²) in [4.78, 5) is 0. The van der Waals surface area contributed by atoms with Gasteiger partial charge in [-0.05, 0) is 31.2 Å². The smallest absolute Gasteiger partial charge is 0.0984 e. The van der Waals surface area contributed by atoms with E-state index in [-0.39, 0.29) is 6.04 Å². The molecule has 0 aromatic carbocycles. The number of hydrogen-bond donors (Lipinski definition) is 1. The highest BCUT2D eigenvalue weighted by molar-refractivity contribution is 5.07. The van der Waals surface area contributed by atoms with Crippen molar-refractivity contribution in [1.82, 2.24) is 5.32 Å². The Morgan fingerprint density at radius 1 is 1.56 bits per heavy atom. The van der Waals surface area contributed by atoms with Crippen LogP contribution in [0.1, 0.15) is 12.8 Å². The first-order valence-electron chi connectivity index (χ1n) is 3.55. The molecular weight excluding hydrogens is 112 g/mol. The minimum atomic E-state index is 0.184. The van der Waals surface area contributed by atoms with E-state index in [9.17, 15) is 0 Å². The largest absolute Gasteiger partial charge is 0.302 e. The minimum absolute atomic E-state index is 0.184. The van der Waals surface area contributed by atoms with Gasteiger partial charge in [-0.25, -0.2) is 0 Å². The summed E-state index contributed by atoms with van der Waals surface area (Å²) in [5, 5.41) is 11.8. The van der Waals surface area contributed by atoms with Crippen LogP contribution in [0, 0.1) is 23.2 Å².